The van der Waals surface area contributed by atoms with Gasteiger partial charge in [0.2, 0.25) is 12.2 Å². The van der Waals surface area contributed by atoms with Crippen LogP contribution in [0.3, 0.4) is 0 Å². The highest BCUT2D eigenvalue weighted by atomic mass is 28.4. The lowest BCUT2D eigenvalue weighted by Crippen LogP contribution is -2.33. The summed E-state index contributed by atoms with van der Waals surface area (Å²) in [6.07, 6.45) is 4.19. The SMILES string of the molecule is C[Si]1(C)CCCCO1.N=C=O.N=C=O. The van der Waals surface area contributed by atoms with Gasteiger partial charge in [0.1, 0.15) is 0 Å². The number of carbonyl (C=O) groups excluding carboxylic acids is 2. The monoisotopic (exact) mass is 216 g/mol. The van der Waals surface area contributed by atoms with Gasteiger partial charge in [-0.15, -0.1) is 0 Å². The van der Waals surface area contributed by atoms with E-state index >= 15 is 0 Å². The molecule has 0 bridgehead atoms. The van der Waals surface area contributed by atoms with Crippen molar-refractivity contribution in [1.29, 1.82) is 10.8 Å². The average molecular weight is 216 g/mol. The molecule has 0 aromatic heterocycles. The molecule has 80 valence electrons. The van der Waals surface area contributed by atoms with Crippen LogP contribution < -0.4 is 0 Å². The average Bonchev–Trinajstić information content (AvgIpc) is 2.06. The smallest absolute Gasteiger partial charge is 0.231 e. The summed E-state index contributed by atoms with van der Waals surface area (Å²) in [5, 5.41) is 10.8. The van der Waals surface area contributed by atoms with Gasteiger partial charge in [0.05, 0.1) is 0 Å². The van der Waals surface area contributed by atoms with Crippen LogP contribution in [0, 0.1) is 10.8 Å². The number of hydrogen-bond acceptors (Lipinski definition) is 5. The second-order valence-electron chi connectivity index (χ2n) is 3.27. The van der Waals surface area contributed by atoms with E-state index in [1.807, 2.05) is 0 Å². The fraction of sp³-hybridized carbons (Fsp3) is 0.750. The third-order valence-corrected chi connectivity index (χ3v) is 4.21. The van der Waals surface area contributed by atoms with E-state index in [-0.39, 0.29) is 0 Å². The normalized spacial score (nSPS) is 17.0. The van der Waals surface area contributed by atoms with Gasteiger partial charge in [-0.25, -0.2) is 20.4 Å². The molecule has 0 spiro atoms. The molecule has 0 aliphatic carbocycles. The molecule has 1 aliphatic rings. The Bertz CT molecular complexity index is 187. The van der Waals surface area contributed by atoms with Crippen molar-refractivity contribution in [3.8, 4) is 0 Å². The first-order valence-corrected chi connectivity index (χ1v) is 7.37. The van der Waals surface area contributed by atoms with E-state index < -0.39 is 8.32 Å². The molecule has 0 radical (unpaired) electrons. The zero-order valence-corrected chi connectivity index (χ0v) is 9.55. The molecule has 1 rings (SSSR count). The van der Waals surface area contributed by atoms with Crippen molar-refractivity contribution in [2.24, 2.45) is 0 Å². The Kier molecular flexibility index (Phi) is 11.0. The summed E-state index contributed by atoms with van der Waals surface area (Å²) in [4.78, 5) is 16.7. The van der Waals surface area contributed by atoms with Crippen LogP contribution in [0.4, 0.5) is 0 Å². The van der Waals surface area contributed by atoms with Gasteiger partial charge in [0, 0.05) is 6.61 Å². The van der Waals surface area contributed by atoms with Gasteiger partial charge in [-0.1, -0.05) is 6.42 Å². The lowest BCUT2D eigenvalue weighted by molar-refractivity contribution is 0.275. The summed E-state index contributed by atoms with van der Waals surface area (Å²) < 4.78 is 5.60. The van der Waals surface area contributed by atoms with Gasteiger partial charge in [0.25, 0.3) is 0 Å². The Labute approximate surface area is 84.6 Å². The van der Waals surface area contributed by atoms with Crippen LogP contribution in [0.5, 0.6) is 0 Å². The Morgan fingerprint density at radius 2 is 1.57 bits per heavy atom. The Balaban J connectivity index is 0. The van der Waals surface area contributed by atoms with E-state index in [9.17, 15) is 0 Å². The van der Waals surface area contributed by atoms with Crippen molar-refractivity contribution in [1.82, 2.24) is 0 Å². The lowest BCUT2D eigenvalue weighted by atomic mass is 10.4. The van der Waals surface area contributed by atoms with E-state index in [1.165, 1.54) is 18.9 Å². The maximum Gasteiger partial charge on any atom is 0.231 e. The number of hydrogen-bond donors (Lipinski definition) is 2. The minimum absolute atomic E-state index is 0.750. The fourth-order valence-electron chi connectivity index (χ4n) is 1.07. The maximum absolute atomic E-state index is 8.35. The zero-order chi connectivity index (χ0) is 11.4. The van der Waals surface area contributed by atoms with Gasteiger partial charge in [-0.2, -0.15) is 0 Å². The Morgan fingerprint density at radius 1 is 1.14 bits per heavy atom. The van der Waals surface area contributed by atoms with Gasteiger partial charge in [-0.05, 0) is 25.6 Å². The van der Waals surface area contributed by atoms with E-state index in [0.29, 0.717) is 0 Å². The molecule has 6 heteroatoms. The maximum atomic E-state index is 8.35. The highest BCUT2D eigenvalue weighted by Crippen LogP contribution is 2.20. The fourth-order valence-corrected chi connectivity index (χ4v) is 3.02. The molecule has 1 saturated heterocycles. The van der Waals surface area contributed by atoms with E-state index in [0.717, 1.165) is 18.8 Å². The molecule has 1 aliphatic heterocycles. The Morgan fingerprint density at radius 3 is 1.71 bits per heavy atom. The van der Waals surface area contributed by atoms with Gasteiger partial charge >= 0.3 is 0 Å². The predicted molar refractivity (Wildman–Crippen MR) is 54.3 cm³/mol. The summed E-state index contributed by atoms with van der Waals surface area (Å²) in [6, 6.07) is 1.37. The van der Waals surface area contributed by atoms with Gasteiger partial charge in [0.15, 0.2) is 8.32 Å². The summed E-state index contributed by atoms with van der Waals surface area (Å²) in [6.45, 7) is 5.62. The van der Waals surface area contributed by atoms with Crippen molar-refractivity contribution >= 4 is 20.5 Å². The van der Waals surface area contributed by atoms with E-state index in [2.05, 4.69) is 13.1 Å². The summed E-state index contributed by atoms with van der Waals surface area (Å²) in [7, 11) is -1.09. The van der Waals surface area contributed by atoms with Crippen LogP contribution in [-0.2, 0) is 14.0 Å². The quantitative estimate of drug-likeness (QED) is 0.367. The topological polar surface area (TPSA) is 91.1 Å². The minimum Gasteiger partial charge on any atom is -0.417 e. The molecule has 0 saturated carbocycles. The molecular weight excluding hydrogens is 200 g/mol. The van der Waals surface area contributed by atoms with Crippen molar-refractivity contribution in [3.05, 3.63) is 0 Å². The number of isocyanates is 2. The van der Waals surface area contributed by atoms with E-state index in [4.69, 9.17) is 24.8 Å². The number of nitrogens with one attached hydrogen (secondary N) is 2. The summed E-state index contributed by atoms with van der Waals surface area (Å²) in [5.74, 6) is 0. The molecule has 1 fully saturated rings. The van der Waals surface area contributed by atoms with Crippen LogP contribution >= 0.6 is 0 Å². The number of rotatable bonds is 0. The highest BCUT2D eigenvalue weighted by Gasteiger charge is 2.24. The standard InChI is InChI=1S/C6H14OSi.2CHNO/c1-8(2)6-4-3-5-7-8;2*2-1-3/h3-6H2,1-2H3;2*2H. The van der Waals surface area contributed by atoms with Crippen molar-refractivity contribution in [3.63, 3.8) is 0 Å². The Hall–Kier alpha value is -1.06. The minimum atomic E-state index is -1.09. The van der Waals surface area contributed by atoms with Crippen LogP contribution in [0.25, 0.3) is 0 Å². The van der Waals surface area contributed by atoms with Crippen molar-refractivity contribution in [2.75, 3.05) is 6.61 Å². The molecule has 0 atom stereocenters. The van der Waals surface area contributed by atoms with Crippen LogP contribution in [0.1, 0.15) is 12.8 Å². The first kappa shape index (κ1) is 15.4. The van der Waals surface area contributed by atoms with Crippen LogP contribution in [0.2, 0.25) is 19.1 Å². The molecule has 0 unspecified atom stereocenters. The van der Waals surface area contributed by atoms with Gasteiger partial charge < -0.3 is 4.43 Å². The van der Waals surface area contributed by atoms with E-state index in [1.54, 1.807) is 0 Å². The van der Waals surface area contributed by atoms with Crippen LogP contribution in [-0.4, -0.2) is 27.1 Å². The predicted octanol–water partition coefficient (Wildman–Crippen LogP) is 1.80. The summed E-state index contributed by atoms with van der Waals surface area (Å²) >= 11 is 0. The second-order valence-corrected chi connectivity index (χ2v) is 7.58. The third kappa shape index (κ3) is 13.5. The van der Waals surface area contributed by atoms with Gasteiger partial charge in [-0.3, -0.25) is 0 Å². The lowest BCUT2D eigenvalue weighted by Gasteiger charge is -2.27. The van der Waals surface area contributed by atoms with Crippen molar-refractivity contribution < 1.29 is 14.0 Å². The molecule has 0 aromatic carbocycles. The highest BCUT2D eigenvalue weighted by molar-refractivity contribution is 6.71. The third-order valence-electron chi connectivity index (χ3n) is 1.67. The summed E-state index contributed by atoms with van der Waals surface area (Å²) in [5.41, 5.74) is 0. The first-order chi connectivity index (χ1) is 6.54. The molecular formula is C8H16N2O3Si. The molecule has 0 amide bonds. The molecule has 1 heterocycles. The largest absolute Gasteiger partial charge is 0.417 e. The van der Waals surface area contributed by atoms with Crippen molar-refractivity contribution in [2.45, 2.75) is 32.0 Å². The molecule has 0 aromatic rings. The molecule has 14 heavy (non-hydrogen) atoms. The zero-order valence-electron chi connectivity index (χ0n) is 8.55. The first-order valence-electron chi connectivity index (χ1n) is 4.25. The molecule has 5 nitrogen and oxygen atoms in total. The van der Waals surface area contributed by atoms with Crippen LogP contribution in [0.15, 0.2) is 0 Å². The second kappa shape index (κ2) is 10.0. The molecule has 2 N–H and O–H groups in total.